The number of thioether (sulfide) groups is 2. The topological polar surface area (TPSA) is 76.7 Å². The van der Waals surface area contributed by atoms with E-state index >= 15 is 0 Å². The summed E-state index contributed by atoms with van der Waals surface area (Å²) in [5, 5.41) is 4.63. The van der Waals surface area contributed by atoms with E-state index < -0.39 is 10.6 Å². The van der Waals surface area contributed by atoms with E-state index in [1.54, 1.807) is 0 Å². The molecule has 0 unspecified atom stereocenters. The van der Waals surface area contributed by atoms with Gasteiger partial charge in [-0.05, 0) is 0 Å². The second kappa shape index (κ2) is 14.6. The number of nitrogens with one attached hydrogen (secondary N) is 2. The summed E-state index contributed by atoms with van der Waals surface area (Å²) in [4.78, 5) is 22.4. The Morgan fingerprint density at radius 3 is 1.55 bits per heavy atom. The van der Waals surface area contributed by atoms with Gasteiger partial charge in [0.1, 0.15) is 21.9 Å². The minimum atomic E-state index is -0.515. The average Bonchev–Trinajstić information content (AvgIpc) is 2.47. The van der Waals surface area contributed by atoms with Crippen LogP contribution in [0.2, 0.25) is 0 Å². The molecule has 0 amide bonds. The van der Waals surface area contributed by atoms with Crippen molar-refractivity contribution in [3.05, 3.63) is 0 Å². The lowest BCUT2D eigenvalue weighted by atomic mass is 10.6. The first-order valence-electron chi connectivity index (χ1n) is 5.86. The first kappa shape index (κ1) is 22.0. The largest absolute Gasteiger partial charge is 0.456 e. The summed E-state index contributed by atoms with van der Waals surface area (Å²) in [6, 6.07) is 0. The van der Waals surface area contributed by atoms with Crippen molar-refractivity contribution in [3.8, 4) is 0 Å². The molecule has 0 aromatic rings. The van der Waals surface area contributed by atoms with E-state index in [-0.39, 0.29) is 33.6 Å². The van der Waals surface area contributed by atoms with Crippen molar-refractivity contribution in [2.24, 2.45) is 0 Å². The Balaban J connectivity index is 3.66. The molecule has 22 heavy (non-hydrogen) atoms. The van der Waals surface area contributed by atoms with Gasteiger partial charge in [-0.25, -0.2) is 9.59 Å². The minimum Gasteiger partial charge on any atom is -0.456 e. The molecular weight excluding hydrogens is 411 g/mol. The highest BCUT2D eigenvalue weighted by molar-refractivity contribution is 8.32. The zero-order chi connectivity index (χ0) is 16.8. The SMILES string of the molecule is O=C(OCCCl)SC(=S)NCCNC(=S)SC(=O)OCCCl. The fourth-order valence-electron chi connectivity index (χ4n) is 0.855. The van der Waals surface area contributed by atoms with Gasteiger partial charge < -0.3 is 20.1 Å². The Morgan fingerprint density at radius 2 is 1.23 bits per heavy atom. The maximum atomic E-state index is 11.2. The van der Waals surface area contributed by atoms with Gasteiger partial charge in [0.15, 0.2) is 0 Å². The van der Waals surface area contributed by atoms with E-state index in [9.17, 15) is 9.59 Å². The molecule has 0 radical (unpaired) electrons. The van der Waals surface area contributed by atoms with Gasteiger partial charge in [0.25, 0.3) is 0 Å². The maximum Gasteiger partial charge on any atom is 0.374 e. The molecule has 0 aliphatic rings. The van der Waals surface area contributed by atoms with E-state index in [4.69, 9.17) is 57.1 Å². The number of alkyl halides is 2. The molecule has 0 aliphatic carbocycles. The predicted molar refractivity (Wildman–Crippen MR) is 101 cm³/mol. The van der Waals surface area contributed by atoms with Crippen molar-refractivity contribution in [2.45, 2.75) is 0 Å². The van der Waals surface area contributed by atoms with Crippen LogP contribution in [0.15, 0.2) is 0 Å². The number of hydrogen-bond acceptors (Lipinski definition) is 8. The molecule has 0 atom stereocenters. The highest BCUT2D eigenvalue weighted by Crippen LogP contribution is 2.07. The molecular formula is C10H14Cl2N2O4S4. The fourth-order valence-corrected chi connectivity index (χ4v) is 2.56. The zero-order valence-corrected chi connectivity index (χ0v) is 16.0. The van der Waals surface area contributed by atoms with Crippen molar-refractivity contribution in [2.75, 3.05) is 38.1 Å². The van der Waals surface area contributed by atoms with E-state index in [1.807, 2.05) is 0 Å². The molecule has 0 rings (SSSR count). The van der Waals surface area contributed by atoms with Gasteiger partial charge in [0, 0.05) is 36.6 Å². The Bertz CT molecular complexity index is 365. The van der Waals surface area contributed by atoms with E-state index in [0.29, 0.717) is 13.1 Å². The smallest absolute Gasteiger partial charge is 0.374 e. The zero-order valence-electron chi connectivity index (χ0n) is 11.3. The van der Waals surface area contributed by atoms with Crippen molar-refractivity contribution < 1.29 is 19.1 Å². The number of halogens is 2. The Morgan fingerprint density at radius 1 is 0.864 bits per heavy atom. The van der Waals surface area contributed by atoms with Crippen molar-refractivity contribution >= 4 is 90.4 Å². The number of thiocarbonyl (C=S) groups is 2. The maximum absolute atomic E-state index is 11.2. The molecule has 0 saturated heterocycles. The highest BCUT2D eigenvalue weighted by Gasteiger charge is 2.09. The van der Waals surface area contributed by atoms with Crippen LogP contribution in [0.3, 0.4) is 0 Å². The van der Waals surface area contributed by atoms with Gasteiger partial charge in [-0.3, -0.25) is 0 Å². The standard InChI is InChI=1S/C10H14Cl2N2O4S4/c11-1-5-17-9(15)21-7(19)13-3-4-14-8(20)22-10(16)18-6-2-12/h1-6H2,(H,13,19)(H,14,20). The quantitative estimate of drug-likeness (QED) is 0.275. The molecule has 0 spiro atoms. The normalized spacial score (nSPS) is 9.73. The number of rotatable bonds is 7. The van der Waals surface area contributed by atoms with Gasteiger partial charge >= 0.3 is 10.6 Å². The molecule has 0 aromatic heterocycles. The third-order valence-electron chi connectivity index (χ3n) is 1.61. The molecule has 0 aromatic carbocycles. The van der Waals surface area contributed by atoms with Crippen LogP contribution in [0.25, 0.3) is 0 Å². The lowest BCUT2D eigenvalue weighted by Crippen LogP contribution is -2.32. The monoisotopic (exact) mass is 424 g/mol. The van der Waals surface area contributed by atoms with Gasteiger partial charge in [-0.1, -0.05) is 24.4 Å². The van der Waals surface area contributed by atoms with Crippen molar-refractivity contribution in [3.63, 3.8) is 0 Å². The van der Waals surface area contributed by atoms with Crippen molar-refractivity contribution in [1.29, 1.82) is 0 Å². The fraction of sp³-hybridized carbons (Fsp3) is 0.600. The molecule has 2 N–H and O–H groups in total. The molecule has 0 aliphatic heterocycles. The highest BCUT2D eigenvalue weighted by atomic mass is 35.5. The number of hydrogen-bond donors (Lipinski definition) is 2. The lowest BCUT2D eigenvalue weighted by Gasteiger charge is -2.09. The minimum absolute atomic E-state index is 0.142. The predicted octanol–water partition coefficient (Wildman–Crippen LogP) is 2.95. The summed E-state index contributed by atoms with van der Waals surface area (Å²) in [7, 11) is 0. The molecule has 126 valence electrons. The van der Waals surface area contributed by atoms with E-state index in [0.717, 1.165) is 23.5 Å². The number of ether oxygens (including phenoxy) is 2. The van der Waals surface area contributed by atoms with Crippen LogP contribution in [0.5, 0.6) is 0 Å². The summed E-state index contributed by atoms with van der Waals surface area (Å²) in [5.41, 5.74) is 0. The van der Waals surface area contributed by atoms with Gasteiger partial charge in [0.05, 0.1) is 11.8 Å². The van der Waals surface area contributed by atoms with Crippen LogP contribution >= 0.6 is 71.2 Å². The van der Waals surface area contributed by atoms with Crippen molar-refractivity contribution in [1.82, 2.24) is 10.6 Å². The van der Waals surface area contributed by atoms with E-state index in [1.165, 1.54) is 0 Å². The lowest BCUT2D eigenvalue weighted by molar-refractivity contribution is 0.181. The van der Waals surface area contributed by atoms with Gasteiger partial charge in [0.2, 0.25) is 0 Å². The molecule has 0 bridgehead atoms. The van der Waals surface area contributed by atoms with Crippen LogP contribution in [0.1, 0.15) is 0 Å². The van der Waals surface area contributed by atoms with Crippen LogP contribution < -0.4 is 10.6 Å². The number of carbonyl (C=O) groups is 2. The summed E-state index contributed by atoms with van der Waals surface area (Å²) in [5.74, 6) is 0.470. The molecule has 12 heteroatoms. The molecule has 0 saturated carbocycles. The summed E-state index contributed by atoms with van der Waals surface area (Å²) in [6.45, 7) is 1.13. The van der Waals surface area contributed by atoms with Gasteiger partial charge in [-0.2, -0.15) is 0 Å². The molecule has 0 fully saturated rings. The summed E-state index contributed by atoms with van der Waals surface area (Å²) in [6.07, 6.45) is 0. The third kappa shape index (κ3) is 13.6. The Hall–Kier alpha value is -0.000000000000000167. The second-order valence-electron chi connectivity index (χ2n) is 3.21. The summed E-state index contributed by atoms with van der Waals surface area (Å²) >= 11 is 22.2. The average molecular weight is 425 g/mol. The van der Waals surface area contributed by atoms with Crippen LogP contribution in [0.4, 0.5) is 9.59 Å². The van der Waals surface area contributed by atoms with Gasteiger partial charge in [-0.15, -0.1) is 23.2 Å². The number of carbonyl (C=O) groups excluding carboxylic acids is 2. The summed E-state index contributed by atoms with van der Waals surface area (Å²) < 4.78 is 10.1. The first-order valence-corrected chi connectivity index (χ1v) is 9.38. The van der Waals surface area contributed by atoms with E-state index in [2.05, 4.69) is 10.6 Å². The third-order valence-corrected chi connectivity index (χ3v) is 3.94. The van der Waals surface area contributed by atoms with Crippen LogP contribution in [0, 0.1) is 0 Å². The van der Waals surface area contributed by atoms with Crippen LogP contribution in [-0.2, 0) is 9.47 Å². The Labute approximate surface area is 157 Å². The molecule has 0 heterocycles. The second-order valence-corrected chi connectivity index (χ2v) is 7.19. The first-order chi connectivity index (χ1) is 10.5. The Kier molecular flexibility index (Phi) is 14.6. The van der Waals surface area contributed by atoms with Crippen LogP contribution in [-0.4, -0.2) is 57.3 Å². The molecule has 6 nitrogen and oxygen atoms in total.